The number of rotatable bonds is 3. The highest BCUT2D eigenvalue weighted by molar-refractivity contribution is 5.68. The van der Waals surface area contributed by atoms with Gasteiger partial charge in [0.25, 0.3) is 0 Å². The van der Waals surface area contributed by atoms with Crippen LogP contribution in [-0.4, -0.2) is 38.6 Å². The van der Waals surface area contributed by atoms with Gasteiger partial charge in [-0.3, -0.25) is 0 Å². The Morgan fingerprint density at radius 2 is 1.94 bits per heavy atom. The zero-order valence-electron chi connectivity index (χ0n) is 11.8. The third-order valence-electron chi connectivity index (χ3n) is 3.76. The second kappa shape index (κ2) is 5.61. The monoisotopic (exact) mass is 247 g/mol. The Kier molecular flexibility index (Phi) is 4.12. The number of hydrogen-bond donors (Lipinski definition) is 1. The highest BCUT2D eigenvalue weighted by Gasteiger charge is 2.20. The topological polar surface area (TPSA) is 32.5 Å². The number of aryl methyl sites for hydroxylation is 1. The molecule has 0 spiro atoms. The molecule has 18 heavy (non-hydrogen) atoms. The zero-order chi connectivity index (χ0) is 13.1. The number of nitrogens with two attached hydrogens (primary N) is 1. The Bertz CT molecular complexity index is 393. The Balaban J connectivity index is 1.99. The van der Waals surface area contributed by atoms with E-state index in [9.17, 15) is 0 Å². The van der Waals surface area contributed by atoms with Crippen LogP contribution in [0.2, 0.25) is 0 Å². The molecular weight excluding hydrogens is 222 g/mol. The predicted molar refractivity (Wildman–Crippen MR) is 79.1 cm³/mol. The summed E-state index contributed by atoms with van der Waals surface area (Å²) in [5.41, 5.74) is 9.50. The van der Waals surface area contributed by atoms with Crippen molar-refractivity contribution in [3.05, 3.63) is 23.8 Å². The summed E-state index contributed by atoms with van der Waals surface area (Å²) < 4.78 is 0. The molecule has 0 bridgehead atoms. The minimum absolute atomic E-state index is 0.835. The van der Waals surface area contributed by atoms with Crippen molar-refractivity contribution in [1.29, 1.82) is 0 Å². The van der Waals surface area contributed by atoms with Crippen molar-refractivity contribution in [2.24, 2.45) is 5.92 Å². The maximum atomic E-state index is 6.09. The lowest BCUT2D eigenvalue weighted by Gasteiger charge is -2.35. The molecule has 1 aliphatic heterocycles. The van der Waals surface area contributed by atoms with Gasteiger partial charge in [0.1, 0.15) is 0 Å². The average Bonchev–Trinajstić information content (AvgIpc) is 2.33. The maximum absolute atomic E-state index is 6.09. The smallest absolute Gasteiger partial charge is 0.0602 e. The molecule has 1 heterocycles. The highest BCUT2D eigenvalue weighted by Crippen LogP contribution is 2.29. The Morgan fingerprint density at radius 1 is 1.28 bits per heavy atom. The fourth-order valence-corrected chi connectivity index (χ4v) is 2.80. The molecule has 3 nitrogen and oxygen atoms in total. The van der Waals surface area contributed by atoms with Gasteiger partial charge in [-0.15, -0.1) is 0 Å². The van der Waals surface area contributed by atoms with Crippen LogP contribution in [0.5, 0.6) is 0 Å². The fraction of sp³-hybridized carbons (Fsp3) is 0.600. The Labute approximate surface area is 111 Å². The molecule has 0 atom stereocenters. The normalized spacial score (nSPS) is 17.4. The third kappa shape index (κ3) is 3.16. The van der Waals surface area contributed by atoms with E-state index in [2.05, 4.69) is 43.0 Å². The number of nitrogens with zero attached hydrogens (tertiary/aromatic N) is 2. The fourth-order valence-electron chi connectivity index (χ4n) is 2.80. The number of benzene rings is 1. The van der Waals surface area contributed by atoms with Crippen LogP contribution in [0.4, 0.5) is 11.4 Å². The first kappa shape index (κ1) is 13.2. The summed E-state index contributed by atoms with van der Waals surface area (Å²) in [5, 5.41) is 0. The molecule has 0 aromatic heterocycles. The van der Waals surface area contributed by atoms with Crippen molar-refractivity contribution in [3.63, 3.8) is 0 Å². The number of anilines is 2. The van der Waals surface area contributed by atoms with Gasteiger partial charge < -0.3 is 15.5 Å². The highest BCUT2D eigenvalue weighted by atomic mass is 15.1. The van der Waals surface area contributed by atoms with Crippen molar-refractivity contribution >= 4 is 11.4 Å². The Hall–Kier alpha value is -1.22. The van der Waals surface area contributed by atoms with Crippen molar-refractivity contribution in [1.82, 2.24) is 4.90 Å². The van der Waals surface area contributed by atoms with E-state index < -0.39 is 0 Å². The van der Waals surface area contributed by atoms with Gasteiger partial charge in [-0.1, -0.05) is 6.07 Å². The van der Waals surface area contributed by atoms with Gasteiger partial charge in [0, 0.05) is 19.6 Å². The summed E-state index contributed by atoms with van der Waals surface area (Å²) in [6.07, 6.45) is 2.54. The summed E-state index contributed by atoms with van der Waals surface area (Å²) in [6.45, 7) is 5.59. The van der Waals surface area contributed by atoms with Gasteiger partial charge in [-0.2, -0.15) is 0 Å². The molecule has 0 aliphatic carbocycles. The van der Waals surface area contributed by atoms with Crippen LogP contribution >= 0.6 is 0 Å². The molecule has 1 aromatic carbocycles. The van der Waals surface area contributed by atoms with Crippen LogP contribution in [0.25, 0.3) is 0 Å². The molecule has 0 amide bonds. The van der Waals surface area contributed by atoms with Gasteiger partial charge in [-0.05, 0) is 57.5 Å². The average molecular weight is 247 g/mol. The van der Waals surface area contributed by atoms with Crippen LogP contribution in [0.1, 0.15) is 18.4 Å². The van der Waals surface area contributed by atoms with Crippen molar-refractivity contribution in [2.45, 2.75) is 19.8 Å². The lowest BCUT2D eigenvalue weighted by Crippen LogP contribution is -2.37. The predicted octanol–water partition coefficient (Wildman–Crippen LogP) is 2.36. The lowest BCUT2D eigenvalue weighted by atomic mass is 9.95. The minimum Gasteiger partial charge on any atom is -0.397 e. The van der Waals surface area contributed by atoms with E-state index in [0.717, 1.165) is 24.7 Å². The Morgan fingerprint density at radius 3 is 2.56 bits per heavy atom. The first-order valence-electron chi connectivity index (χ1n) is 6.82. The first-order chi connectivity index (χ1) is 8.56. The van der Waals surface area contributed by atoms with E-state index in [-0.39, 0.29) is 0 Å². The van der Waals surface area contributed by atoms with E-state index in [0.29, 0.717) is 0 Å². The van der Waals surface area contributed by atoms with Crippen LogP contribution in [0.15, 0.2) is 18.2 Å². The van der Waals surface area contributed by atoms with E-state index in [4.69, 9.17) is 5.73 Å². The summed E-state index contributed by atoms with van der Waals surface area (Å²) in [5.74, 6) is 0.835. The lowest BCUT2D eigenvalue weighted by molar-refractivity contribution is 0.285. The van der Waals surface area contributed by atoms with Gasteiger partial charge in [0.05, 0.1) is 11.4 Å². The SMILES string of the molecule is Cc1ccc(N)c(N2CCC(CN(C)C)CC2)c1. The van der Waals surface area contributed by atoms with Crippen LogP contribution < -0.4 is 10.6 Å². The first-order valence-corrected chi connectivity index (χ1v) is 6.82. The van der Waals surface area contributed by atoms with Gasteiger partial charge in [0.15, 0.2) is 0 Å². The summed E-state index contributed by atoms with van der Waals surface area (Å²) in [7, 11) is 4.32. The molecule has 1 aromatic rings. The molecule has 1 aliphatic rings. The quantitative estimate of drug-likeness (QED) is 0.832. The van der Waals surface area contributed by atoms with Crippen molar-refractivity contribution < 1.29 is 0 Å². The zero-order valence-corrected chi connectivity index (χ0v) is 11.8. The van der Waals surface area contributed by atoms with E-state index in [1.54, 1.807) is 0 Å². The summed E-state index contributed by atoms with van der Waals surface area (Å²) in [6, 6.07) is 6.32. The van der Waals surface area contributed by atoms with Gasteiger partial charge in [-0.25, -0.2) is 0 Å². The second-order valence-corrected chi connectivity index (χ2v) is 5.75. The van der Waals surface area contributed by atoms with Gasteiger partial charge in [0.2, 0.25) is 0 Å². The van der Waals surface area contributed by atoms with Crippen LogP contribution in [0.3, 0.4) is 0 Å². The molecule has 100 valence electrons. The molecule has 0 unspecified atom stereocenters. The van der Waals surface area contributed by atoms with Crippen molar-refractivity contribution in [2.75, 3.05) is 44.4 Å². The number of hydrogen-bond acceptors (Lipinski definition) is 3. The summed E-state index contributed by atoms with van der Waals surface area (Å²) >= 11 is 0. The van der Waals surface area contributed by atoms with Crippen molar-refractivity contribution in [3.8, 4) is 0 Å². The number of nitrogen functional groups attached to an aromatic ring is 1. The maximum Gasteiger partial charge on any atom is 0.0602 e. The second-order valence-electron chi connectivity index (χ2n) is 5.75. The molecule has 2 rings (SSSR count). The minimum atomic E-state index is 0.835. The van der Waals surface area contributed by atoms with Crippen LogP contribution in [-0.2, 0) is 0 Å². The molecule has 2 N–H and O–H groups in total. The van der Waals surface area contributed by atoms with E-state index >= 15 is 0 Å². The van der Waals surface area contributed by atoms with Crippen LogP contribution in [0, 0.1) is 12.8 Å². The molecule has 1 fully saturated rings. The molecular formula is C15H25N3. The molecule has 0 radical (unpaired) electrons. The third-order valence-corrected chi connectivity index (χ3v) is 3.76. The largest absolute Gasteiger partial charge is 0.397 e. The molecule has 0 saturated carbocycles. The van der Waals surface area contributed by atoms with Gasteiger partial charge >= 0.3 is 0 Å². The standard InChI is InChI=1S/C15H25N3/c1-12-4-5-14(16)15(10-12)18-8-6-13(7-9-18)11-17(2)3/h4-5,10,13H,6-9,11,16H2,1-3H3. The number of piperidine rings is 1. The molecule has 3 heteroatoms. The van der Waals surface area contributed by atoms with E-state index in [1.807, 2.05) is 6.07 Å². The van der Waals surface area contributed by atoms with E-state index in [1.165, 1.54) is 30.6 Å². The molecule has 1 saturated heterocycles. The summed E-state index contributed by atoms with van der Waals surface area (Å²) in [4.78, 5) is 4.73.